The summed E-state index contributed by atoms with van der Waals surface area (Å²) in [5.41, 5.74) is 0. The standard InChI is InChI=1S/C7H9BrF3N3S/c1-5-12-6(15-13-5)14(3-2-8)4-7(9,10)11/h2-4H2,1H3. The summed E-state index contributed by atoms with van der Waals surface area (Å²) in [5, 5.41) is 0.770. The monoisotopic (exact) mass is 303 g/mol. The van der Waals surface area contributed by atoms with E-state index in [1.807, 2.05) is 0 Å². The predicted molar refractivity (Wildman–Crippen MR) is 56.7 cm³/mol. The fourth-order valence-electron chi connectivity index (χ4n) is 0.975. The smallest absolute Gasteiger partial charge is 0.337 e. The molecule has 0 aliphatic carbocycles. The van der Waals surface area contributed by atoms with Crippen molar-refractivity contribution in [2.24, 2.45) is 0 Å². The van der Waals surface area contributed by atoms with E-state index in [0.717, 1.165) is 11.5 Å². The Labute approximate surface area is 97.6 Å². The van der Waals surface area contributed by atoms with Crippen molar-refractivity contribution in [2.75, 3.05) is 23.3 Å². The van der Waals surface area contributed by atoms with Gasteiger partial charge in [0.1, 0.15) is 12.4 Å². The van der Waals surface area contributed by atoms with E-state index < -0.39 is 12.7 Å². The van der Waals surface area contributed by atoms with E-state index in [1.165, 1.54) is 4.90 Å². The number of halogens is 4. The Bertz CT molecular complexity index is 315. The Hall–Kier alpha value is -0.370. The third-order valence-corrected chi connectivity index (χ3v) is 2.73. The van der Waals surface area contributed by atoms with Gasteiger partial charge in [-0.15, -0.1) is 0 Å². The zero-order chi connectivity index (χ0) is 11.5. The lowest BCUT2D eigenvalue weighted by atomic mass is 10.5. The van der Waals surface area contributed by atoms with E-state index in [-0.39, 0.29) is 6.54 Å². The van der Waals surface area contributed by atoms with Crippen LogP contribution in [0.1, 0.15) is 5.82 Å². The van der Waals surface area contributed by atoms with Gasteiger partial charge < -0.3 is 4.90 Å². The van der Waals surface area contributed by atoms with Crippen molar-refractivity contribution in [3.63, 3.8) is 0 Å². The molecule has 0 saturated carbocycles. The summed E-state index contributed by atoms with van der Waals surface area (Å²) in [5.74, 6) is 0.497. The molecular formula is C7H9BrF3N3S. The summed E-state index contributed by atoms with van der Waals surface area (Å²) in [4.78, 5) is 5.09. The van der Waals surface area contributed by atoms with Crippen LogP contribution in [0.15, 0.2) is 0 Å². The van der Waals surface area contributed by atoms with Crippen molar-refractivity contribution in [1.82, 2.24) is 9.36 Å². The van der Waals surface area contributed by atoms with Crippen LogP contribution in [-0.2, 0) is 0 Å². The van der Waals surface area contributed by atoms with Crippen LogP contribution >= 0.6 is 27.5 Å². The fraction of sp³-hybridized carbons (Fsp3) is 0.714. The van der Waals surface area contributed by atoms with Gasteiger partial charge >= 0.3 is 6.18 Å². The molecule has 3 nitrogen and oxygen atoms in total. The normalized spacial score (nSPS) is 11.8. The molecule has 1 aromatic heterocycles. The van der Waals surface area contributed by atoms with Gasteiger partial charge in [-0.1, -0.05) is 15.9 Å². The summed E-state index contributed by atoms with van der Waals surface area (Å²) in [6.45, 7) is 0.918. The van der Waals surface area contributed by atoms with Gasteiger partial charge in [-0.25, -0.2) is 4.98 Å². The van der Waals surface area contributed by atoms with Gasteiger partial charge in [0, 0.05) is 23.4 Å². The molecule has 86 valence electrons. The second-order valence-electron chi connectivity index (χ2n) is 2.85. The molecule has 0 amide bonds. The molecule has 1 heterocycles. The lowest BCUT2D eigenvalue weighted by Crippen LogP contribution is -2.35. The highest BCUT2D eigenvalue weighted by atomic mass is 79.9. The maximum atomic E-state index is 12.2. The number of anilines is 1. The average Bonchev–Trinajstić information content (AvgIpc) is 2.48. The first-order valence-electron chi connectivity index (χ1n) is 4.10. The highest BCUT2D eigenvalue weighted by molar-refractivity contribution is 9.09. The molecule has 0 unspecified atom stereocenters. The molecule has 0 atom stereocenters. The number of nitrogens with zero attached hydrogens (tertiary/aromatic N) is 3. The van der Waals surface area contributed by atoms with Gasteiger partial charge in [-0.05, 0) is 6.92 Å². The third kappa shape index (κ3) is 4.33. The molecule has 0 N–H and O–H groups in total. The van der Waals surface area contributed by atoms with Gasteiger partial charge in [0.25, 0.3) is 0 Å². The molecule has 0 spiro atoms. The molecule has 0 fully saturated rings. The Morgan fingerprint density at radius 2 is 2.13 bits per heavy atom. The van der Waals surface area contributed by atoms with E-state index in [9.17, 15) is 13.2 Å². The van der Waals surface area contributed by atoms with E-state index in [0.29, 0.717) is 16.3 Å². The van der Waals surface area contributed by atoms with Gasteiger partial charge in [0.15, 0.2) is 0 Å². The highest BCUT2D eigenvalue weighted by Gasteiger charge is 2.31. The van der Waals surface area contributed by atoms with Gasteiger partial charge in [0.2, 0.25) is 5.13 Å². The summed E-state index contributed by atoms with van der Waals surface area (Å²) in [6.07, 6.45) is -4.22. The first kappa shape index (κ1) is 12.7. The predicted octanol–water partition coefficient (Wildman–Crippen LogP) is 2.61. The fourth-order valence-corrected chi connectivity index (χ4v) is 2.10. The lowest BCUT2D eigenvalue weighted by Gasteiger charge is -2.21. The Kier molecular flexibility index (Phi) is 4.32. The van der Waals surface area contributed by atoms with E-state index in [4.69, 9.17) is 0 Å². The molecule has 0 radical (unpaired) electrons. The van der Waals surface area contributed by atoms with Crippen molar-refractivity contribution < 1.29 is 13.2 Å². The number of hydrogen-bond donors (Lipinski definition) is 0. The zero-order valence-corrected chi connectivity index (χ0v) is 10.3. The maximum Gasteiger partial charge on any atom is 0.406 e. The first-order valence-corrected chi connectivity index (χ1v) is 6.00. The summed E-state index contributed by atoms with van der Waals surface area (Å²) < 4.78 is 40.5. The Balaban J connectivity index is 2.74. The summed E-state index contributed by atoms with van der Waals surface area (Å²) in [6, 6.07) is 0. The Morgan fingerprint density at radius 3 is 2.53 bits per heavy atom. The van der Waals surface area contributed by atoms with Gasteiger partial charge in [-0.3, -0.25) is 0 Å². The highest BCUT2D eigenvalue weighted by Crippen LogP contribution is 2.23. The second-order valence-corrected chi connectivity index (χ2v) is 4.37. The first-order chi connectivity index (χ1) is 6.92. The molecule has 1 rings (SSSR count). The number of hydrogen-bond acceptors (Lipinski definition) is 4. The minimum atomic E-state index is -4.22. The average molecular weight is 304 g/mol. The number of aryl methyl sites for hydroxylation is 1. The SMILES string of the molecule is Cc1nsc(N(CCBr)CC(F)(F)F)n1. The molecule has 0 saturated heterocycles. The Morgan fingerprint density at radius 1 is 1.47 bits per heavy atom. The molecule has 0 aromatic carbocycles. The summed E-state index contributed by atoms with van der Waals surface area (Å²) in [7, 11) is 0. The minimum Gasteiger partial charge on any atom is -0.337 e. The van der Waals surface area contributed by atoms with Gasteiger partial charge in [-0.2, -0.15) is 17.5 Å². The summed E-state index contributed by atoms with van der Waals surface area (Å²) >= 11 is 4.09. The van der Waals surface area contributed by atoms with Crippen molar-refractivity contribution in [3.05, 3.63) is 5.82 Å². The van der Waals surface area contributed by atoms with Crippen molar-refractivity contribution in [2.45, 2.75) is 13.1 Å². The van der Waals surface area contributed by atoms with Crippen molar-refractivity contribution in [1.29, 1.82) is 0 Å². The maximum absolute atomic E-state index is 12.2. The van der Waals surface area contributed by atoms with Crippen LogP contribution in [0.25, 0.3) is 0 Å². The quantitative estimate of drug-likeness (QED) is 0.801. The number of aromatic nitrogens is 2. The van der Waals surface area contributed by atoms with Crippen molar-refractivity contribution in [3.8, 4) is 0 Å². The molecule has 0 aliphatic rings. The van der Waals surface area contributed by atoms with Crippen LogP contribution in [-0.4, -0.2) is 34.0 Å². The molecule has 15 heavy (non-hydrogen) atoms. The van der Waals surface area contributed by atoms with Crippen LogP contribution in [0.2, 0.25) is 0 Å². The lowest BCUT2D eigenvalue weighted by molar-refractivity contribution is -0.119. The number of alkyl halides is 4. The van der Waals surface area contributed by atoms with Gasteiger partial charge in [0.05, 0.1) is 0 Å². The largest absolute Gasteiger partial charge is 0.406 e. The molecule has 8 heteroatoms. The molecule has 1 aromatic rings. The third-order valence-electron chi connectivity index (χ3n) is 1.51. The topological polar surface area (TPSA) is 29.0 Å². The van der Waals surface area contributed by atoms with E-state index in [2.05, 4.69) is 25.3 Å². The second kappa shape index (κ2) is 5.11. The van der Waals surface area contributed by atoms with E-state index >= 15 is 0 Å². The molecular weight excluding hydrogens is 295 g/mol. The zero-order valence-electron chi connectivity index (χ0n) is 7.88. The molecule has 0 bridgehead atoms. The van der Waals surface area contributed by atoms with Crippen LogP contribution in [0.3, 0.4) is 0 Å². The van der Waals surface area contributed by atoms with Crippen LogP contribution in [0, 0.1) is 6.92 Å². The molecule has 0 aliphatic heterocycles. The van der Waals surface area contributed by atoms with Crippen LogP contribution < -0.4 is 4.90 Å². The van der Waals surface area contributed by atoms with E-state index in [1.54, 1.807) is 6.92 Å². The van der Waals surface area contributed by atoms with Crippen molar-refractivity contribution >= 4 is 32.6 Å². The van der Waals surface area contributed by atoms with Crippen LogP contribution in [0.5, 0.6) is 0 Å². The van der Waals surface area contributed by atoms with Crippen LogP contribution in [0.4, 0.5) is 18.3 Å². The number of rotatable bonds is 4. The minimum absolute atomic E-state index is 0.258.